The number of nitrogens with one attached hydrogen (secondary N) is 1. The molecule has 1 aromatic rings. The van der Waals surface area contributed by atoms with Gasteiger partial charge >= 0.3 is 5.97 Å². The molecule has 1 fully saturated rings. The standard InChI is InChI=1S/C12H15NO3/c1-12(11(15)16,13-9-5-6-9)8-3-2-4-10(14)7-8/h2-4,7,9,13-14H,5-6H2,1H3,(H,15,16). The van der Waals surface area contributed by atoms with Gasteiger partial charge in [-0.05, 0) is 37.5 Å². The van der Waals surface area contributed by atoms with Crippen LogP contribution < -0.4 is 5.32 Å². The third kappa shape index (κ3) is 2.02. The number of carbonyl (C=O) groups is 1. The van der Waals surface area contributed by atoms with E-state index in [0.717, 1.165) is 12.8 Å². The first-order chi connectivity index (χ1) is 7.52. The normalized spacial score (nSPS) is 19.1. The van der Waals surface area contributed by atoms with Gasteiger partial charge in [-0.2, -0.15) is 0 Å². The third-order valence-corrected chi connectivity index (χ3v) is 2.92. The quantitative estimate of drug-likeness (QED) is 0.719. The summed E-state index contributed by atoms with van der Waals surface area (Å²) in [5.74, 6) is -0.840. The van der Waals surface area contributed by atoms with E-state index in [1.165, 1.54) is 12.1 Å². The second-order valence-corrected chi connectivity index (χ2v) is 4.40. The van der Waals surface area contributed by atoms with Gasteiger partial charge in [0.05, 0.1) is 0 Å². The van der Waals surface area contributed by atoms with E-state index in [4.69, 9.17) is 0 Å². The lowest BCUT2D eigenvalue weighted by Crippen LogP contribution is -2.47. The van der Waals surface area contributed by atoms with Crippen molar-refractivity contribution in [3.05, 3.63) is 29.8 Å². The molecule has 0 saturated heterocycles. The van der Waals surface area contributed by atoms with Crippen LogP contribution in [0.1, 0.15) is 25.3 Å². The number of aromatic hydroxyl groups is 1. The number of carboxylic acid groups (broad SMARTS) is 1. The van der Waals surface area contributed by atoms with Crippen molar-refractivity contribution in [2.45, 2.75) is 31.3 Å². The zero-order valence-electron chi connectivity index (χ0n) is 9.10. The van der Waals surface area contributed by atoms with Crippen LogP contribution in [0.15, 0.2) is 24.3 Å². The Bertz CT molecular complexity index is 414. The molecular formula is C12H15NO3. The van der Waals surface area contributed by atoms with Crippen LogP contribution in [0.3, 0.4) is 0 Å². The number of carboxylic acids is 1. The van der Waals surface area contributed by atoms with Crippen LogP contribution in [-0.2, 0) is 10.3 Å². The van der Waals surface area contributed by atoms with E-state index in [2.05, 4.69) is 5.32 Å². The molecule has 0 heterocycles. The zero-order valence-corrected chi connectivity index (χ0v) is 9.10. The van der Waals surface area contributed by atoms with Crippen LogP contribution in [0.4, 0.5) is 0 Å². The molecule has 4 heteroatoms. The molecule has 16 heavy (non-hydrogen) atoms. The highest BCUT2D eigenvalue weighted by molar-refractivity contribution is 5.80. The van der Waals surface area contributed by atoms with E-state index in [-0.39, 0.29) is 11.8 Å². The number of benzene rings is 1. The lowest BCUT2D eigenvalue weighted by atomic mass is 9.91. The summed E-state index contributed by atoms with van der Waals surface area (Å²) in [4.78, 5) is 11.4. The van der Waals surface area contributed by atoms with Crippen LogP contribution >= 0.6 is 0 Å². The second kappa shape index (κ2) is 3.79. The summed E-state index contributed by atoms with van der Waals surface area (Å²) >= 11 is 0. The smallest absolute Gasteiger partial charge is 0.328 e. The average molecular weight is 221 g/mol. The highest BCUT2D eigenvalue weighted by Gasteiger charge is 2.40. The van der Waals surface area contributed by atoms with Crippen LogP contribution in [-0.4, -0.2) is 22.2 Å². The molecule has 0 aromatic heterocycles. The largest absolute Gasteiger partial charge is 0.508 e. The van der Waals surface area contributed by atoms with Crippen molar-refractivity contribution >= 4 is 5.97 Å². The summed E-state index contributed by atoms with van der Waals surface area (Å²) in [5.41, 5.74) is -0.549. The number of rotatable bonds is 4. The molecular weight excluding hydrogens is 206 g/mol. The predicted octanol–water partition coefficient (Wildman–Crippen LogP) is 1.44. The van der Waals surface area contributed by atoms with Gasteiger partial charge in [0, 0.05) is 6.04 Å². The molecule has 1 aliphatic rings. The van der Waals surface area contributed by atoms with E-state index in [0.29, 0.717) is 5.56 Å². The molecule has 1 unspecified atom stereocenters. The molecule has 86 valence electrons. The number of hydrogen-bond acceptors (Lipinski definition) is 3. The fourth-order valence-corrected chi connectivity index (χ4v) is 1.72. The van der Waals surface area contributed by atoms with Gasteiger partial charge in [-0.25, -0.2) is 4.79 Å². The van der Waals surface area contributed by atoms with Crippen molar-refractivity contribution in [3.8, 4) is 5.75 Å². The van der Waals surface area contributed by atoms with E-state index in [1.54, 1.807) is 19.1 Å². The Labute approximate surface area is 93.9 Å². The van der Waals surface area contributed by atoms with E-state index in [9.17, 15) is 15.0 Å². The van der Waals surface area contributed by atoms with Crippen molar-refractivity contribution in [2.24, 2.45) is 0 Å². The van der Waals surface area contributed by atoms with Crippen molar-refractivity contribution < 1.29 is 15.0 Å². The maximum atomic E-state index is 11.4. The van der Waals surface area contributed by atoms with Crippen molar-refractivity contribution in [3.63, 3.8) is 0 Å². The summed E-state index contributed by atoms with van der Waals surface area (Å²) in [5, 5.41) is 21.8. The van der Waals surface area contributed by atoms with Gasteiger partial charge in [0.15, 0.2) is 0 Å². The molecule has 1 aliphatic carbocycles. The maximum Gasteiger partial charge on any atom is 0.328 e. The molecule has 0 bridgehead atoms. The van der Waals surface area contributed by atoms with Crippen LogP contribution in [0.2, 0.25) is 0 Å². The van der Waals surface area contributed by atoms with Crippen molar-refractivity contribution in [1.29, 1.82) is 0 Å². The van der Waals surface area contributed by atoms with E-state index in [1.807, 2.05) is 0 Å². The first-order valence-corrected chi connectivity index (χ1v) is 5.33. The van der Waals surface area contributed by atoms with Gasteiger partial charge in [-0.1, -0.05) is 12.1 Å². The minimum Gasteiger partial charge on any atom is -0.508 e. The van der Waals surface area contributed by atoms with Crippen LogP contribution in [0, 0.1) is 0 Å². The monoisotopic (exact) mass is 221 g/mol. The summed E-state index contributed by atoms with van der Waals surface area (Å²) in [6, 6.07) is 6.67. The van der Waals surface area contributed by atoms with Crippen LogP contribution in [0.25, 0.3) is 0 Å². The Hall–Kier alpha value is -1.55. The minimum absolute atomic E-state index is 0.0857. The van der Waals surface area contributed by atoms with Gasteiger partial charge in [0.25, 0.3) is 0 Å². The summed E-state index contributed by atoms with van der Waals surface area (Å²) in [7, 11) is 0. The minimum atomic E-state index is -1.13. The van der Waals surface area contributed by atoms with Crippen LogP contribution in [0.5, 0.6) is 5.75 Å². The molecule has 0 spiro atoms. The first kappa shape index (κ1) is 11.0. The van der Waals surface area contributed by atoms with Gasteiger partial charge in [-0.15, -0.1) is 0 Å². The SMILES string of the molecule is CC(NC1CC1)(C(=O)O)c1cccc(O)c1. The van der Waals surface area contributed by atoms with Gasteiger partial charge in [0.1, 0.15) is 11.3 Å². The fraction of sp³-hybridized carbons (Fsp3) is 0.417. The molecule has 1 aromatic carbocycles. The summed E-state index contributed by atoms with van der Waals surface area (Å²) in [6.45, 7) is 1.63. The molecule has 0 amide bonds. The molecule has 4 nitrogen and oxygen atoms in total. The van der Waals surface area contributed by atoms with E-state index < -0.39 is 11.5 Å². The topological polar surface area (TPSA) is 69.6 Å². The molecule has 0 radical (unpaired) electrons. The number of hydrogen-bond donors (Lipinski definition) is 3. The Kier molecular flexibility index (Phi) is 2.59. The number of aliphatic carboxylic acids is 1. The third-order valence-electron chi connectivity index (χ3n) is 2.92. The number of phenols is 1. The van der Waals surface area contributed by atoms with Gasteiger partial charge < -0.3 is 10.2 Å². The molecule has 2 rings (SSSR count). The highest BCUT2D eigenvalue weighted by Crippen LogP contribution is 2.30. The van der Waals surface area contributed by atoms with Gasteiger partial charge in [0.2, 0.25) is 0 Å². The molecule has 0 aliphatic heterocycles. The van der Waals surface area contributed by atoms with Crippen molar-refractivity contribution in [1.82, 2.24) is 5.32 Å². The lowest BCUT2D eigenvalue weighted by molar-refractivity contribution is -0.144. The second-order valence-electron chi connectivity index (χ2n) is 4.40. The van der Waals surface area contributed by atoms with Gasteiger partial charge in [-0.3, -0.25) is 5.32 Å². The van der Waals surface area contributed by atoms with E-state index >= 15 is 0 Å². The highest BCUT2D eigenvalue weighted by atomic mass is 16.4. The predicted molar refractivity (Wildman–Crippen MR) is 59.3 cm³/mol. The molecule has 1 saturated carbocycles. The Morgan fingerprint density at radius 2 is 2.19 bits per heavy atom. The Morgan fingerprint density at radius 3 is 2.69 bits per heavy atom. The average Bonchev–Trinajstić information content (AvgIpc) is 3.01. The summed E-state index contributed by atoms with van der Waals surface area (Å²) in [6.07, 6.45) is 2.03. The lowest BCUT2D eigenvalue weighted by Gasteiger charge is -2.27. The Balaban J connectivity index is 2.33. The zero-order chi connectivity index (χ0) is 11.8. The summed E-state index contributed by atoms with van der Waals surface area (Å²) < 4.78 is 0. The maximum absolute atomic E-state index is 11.4. The fourth-order valence-electron chi connectivity index (χ4n) is 1.72. The molecule has 3 N–H and O–H groups in total. The molecule has 1 atom stereocenters. The van der Waals surface area contributed by atoms with Crippen molar-refractivity contribution in [2.75, 3.05) is 0 Å². The Morgan fingerprint density at radius 1 is 1.50 bits per heavy atom. The number of phenolic OH excluding ortho intramolecular Hbond substituents is 1. The first-order valence-electron chi connectivity index (χ1n) is 5.33.